The second-order valence-corrected chi connectivity index (χ2v) is 7.23. The first kappa shape index (κ1) is 16.8. The third-order valence-corrected chi connectivity index (χ3v) is 5.47. The first-order valence-corrected chi connectivity index (χ1v) is 7.76. The predicted octanol–water partition coefficient (Wildman–Crippen LogP) is 0.995. The van der Waals surface area contributed by atoms with E-state index >= 15 is 0 Å². The lowest BCUT2D eigenvalue weighted by atomic mass is 9.83. The lowest BCUT2D eigenvalue weighted by Gasteiger charge is -2.45. The van der Waals surface area contributed by atoms with Gasteiger partial charge in [0, 0.05) is 26.3 Å². The normalized spacial score (nSPS) is 18.0. The summed E-state index contributed by atoms with van der Waals surface area (Å²) in [7, 11) is -2.91. The van der Waals surface area contributed by atoms with E-state index in [9.17, 15) is 27.1 Å². The number of aliphatic carboxylic acids is 1. The lowest BCUT2D eigenvalue weighted by molar-refractivity contribution is -0.161. The van der Waals surface area contributed by atoms with E-state index in [1.807, 2.05) is 0 Å². The van der Waals surface area contributed by atoms with E-state index in [4.69, 9.17) is 4.74 Å². The molecule has 1 aliphatic rings. The summed E-state index contributed by atoms with van der Waals surface area (Å²) >= 11 is 0. The average Bonchev–Trinajstić information content (AvgIpc) is 2.36. The highest BCUT2D eigenvalue weighted by atomic mass is 32.2. The van der Waals surface area contributed by atoms with Crippen LogP contribution in [0, 0.1) is 24.0 Å². The number of carboxylic acid groups (broad SMARTS) is 1. The minimum atomic E-state index is -4.22. The van der Waals surface area contributed by atoms with Crippen LogP contribution >= 0.6 is 0 Å². The van der Waals surface area contributed by atoms with E-state index in [-0.39, 0.29) is 25.3 Å². The van der Waals surface area contributed by atoms with Crippen LogP contribution in [0.5, 0.6) is 0 Å². The molecule has 1 fully saturated rings. The van der Waals surface area contributed by atoms with Gasteiger partial charge in [-0.1, -0.05) is 0 Å². The van der Waals surface area contributed by atoms with Gasteiger partial charge in [0.2, 0.25) is 10.0 Å². The van der Waals surface area contributed by atoms with Crippen LogP contribution in [0.25, 0.3) is 0 Å². The number of carbonyl (C=O) groups is 1. The van der Waals surface area contributed by atoms with Crippen molar-refractivity contribution in [2.45, 2.75) is 11.8 Å². The molecule has 0 unspecified atom stereocenters. The quantitative estimate of drug-likeness (QED) is 0.868. The Bertz CT molecular complexity index is 713. The number of aryl methyl sites for hydroxylation is 1. The highest BCUT2D eigenvalue weighted by Gasteiger charge is 2.54. The molecule has 1 N–H and O–H groups in total. The van der Waals surface area contributed by atoms with E-state index in [2.05, 4.69) is 0 Å². The Kier molecular flexibility index (Phi) is 4.24. The fourth-order valence-corrected chi connectivity index (χ4v) is 4.07. The topological polar surface area (TPSA) is 83.9 Å². The molecule has 1 saturated heterocycles. The zero-order valence-electron chi connectivity index (χ0n) is 12.0. The number of carboxylic acids is 1. The number of benzene rings is 1. The SMILES string of the molecule is COCC1(C(=O)O)CN(S(=O)(=O)c2cc(C)c(F)cc2F)C1. The summed E-state index contributed by atoms with van der Waals surface area (Å²) in [5.41, 5.74) is -1.35. The van der Waals surface area contributed by atoms with Crippen molar-refractivity contribution in [2.24, 2.45) is 5.41 Å². The maximum atomic E-state index is 13.8. The van der Waals surface area contributed by atoms with Crippen LogP contribution in [0.2, 0.25) is 0 Å². The van der Waals surface area contributed by atoms with Gasteiger partial charge >= 0.3 is 5.97 Å². The van der Waals surface area contributed by atoms with Gasteiger partial charge in [0.05, 0.1) is 6.61 Å². The Morgan fingerprint density at radius 1 is 1.36 bits per heavy atom. The zero-order chi connectivity index (χ0) is 16.7. The minimum absolute atomic E-state index is 0.0121. The summed E-state index contributed by atoms with van der Waals surface area (Å²) in [6, 6.07) is 1.40. The van der Waals surface area contributed by atoms with Gasteiger partial charge in [0.25, 0.3) is 0 Å². The first-order chi connectivity index (χ1) is 10.1. The minimum Gasteiger partial charge on any atom is -0.481 e. The van der Waals surface area contributed by atoms with Gasteiger partial charge in [-0.15, -0.1) is 0 Å². The summed E-state index contributed by atoms with van der Waals surface area (Å²) in [4.78, 5) is 10.6. The van der Waals surface area contributed by atoms with Gasteiger partial charge in [-0.25, -0.2) is 17.2 Å². The van der Waals surface area contributed by atoms with Gasteiger partial charge in [-0.05, 0) is 18.6 Å². The standard InChI is InChI=1S/C13H15F2NO5S/c1-8-3-11(10(15)4-9(8)14)22(19,20)16-5-13(6-16,7-21-2)12(17)18/h3-4H,5-7H2,1-2H3,(H,17,18). The molecule has 0 radical (unpaired) electrons. The molecule has 0 aromatic heterocycles. The first-order valence-electron chi connectivity index (χ1n) is 6.32. The number of nitrogens with zero attached hydrogens (tertiary/aromatic N) is 1. The average molecular weight is 335 g/mol. The summed E-state index contributed by atoms with van der Waals surface area (Å²) < 4.78 is 57.3. The number of sulfonamides is 1. The second kappa shape index (κ2) is 5.56. The highest BCUT2D eigenvalue weighted by Crippen LogP contribution is 2.36. The van der Waals surface area contributed by atoms with Crippen molar-refractivity contribution >= 4 is 16.0 Å². The van der Waals surface area contributed by atoms with Gasteiger partial charge in [-0.3, -0.25) is 4.79 Å². The predicted molar refractivity (Wildman–Crippen MR) is 71.8 cm³/mol. The molecule has 9 heteroatoms. The van der Waals surface area contributed by atoms with Crippen molar-refractivity contribution in [3.05, 3.63) is 29.3 Å². The fraction of sp³-hybridized carbons (Fsp3) is 0.462. The maximum Gasteiger partial charge on any atom is 0.314 e. The van der Waals surface area contributed by atoms with Crippen LogP contribution in [0.15, 0.2) is 17.0 Å². The number of rotatable bonds is 5. The molecule has 1 aromatic rings. The molecular formula is C13H15F2NO5S. The summed E-state index contributed by atoms with van der Waals surface area (Å²) in [6.45, 7) is 0.512. The molecule has 2 rings (SSSR count). The second-order valence-electron chi connectivity index (χ2n) is 5.32. The van der Waals surface area contributed by atoms with Crippen LogP contribution in [-0.2, 0) is 19.6 Å². The van der Waals surface area contributed by atoms with Crippen molar-refractivity contribution in [2.75, 3.05) is 26.8 Å². The number of halogens is 2. The highest BCUT2D eigenvalue weighted by molar-refractivity contribution is 7.89. The Balaban J connectivity index is 2.31. The largest absolute Gasteiger partial charge is 0.481 e. The van der Waals surface area contributed by atoms with Crippen molar-refractivity contribution in [3.63, 3.8) is 0 Å². The molecule has 0 saturated carbocycles. The number of hydrogen-bond donors (Lipinski definition) is 1. The molecule has 6 nitrogen and oxygen atoms in total. The van der Waals surface area contributed by atoms with Crippen LogP contribution in [0.1, 0.15) is 5.56 Å². The van der Waals surface area contributed by atoms with Crippen LogP contribution in [0.3, 0.4) is 0 Å². The molecule has 0 spiro atoms. The van der Waals surface area contributed by atoms with Crippen LogP contribution in [0.4, 0.5) is 8.78 Å². The fourth-order valence-electron chi connectivity index (χ4n) is 2.33. The molecule has 1 heterocycles. The smallest absolute Gasteiger partial charge is 0.314 e. The summed E-state index contributed by atoms with van der Waals surface area (Å²) in [6.07, 6.45) is 0. The lowest BCUT2D eigenvalue weighted by Crippen LogP contribution is -2.64. The Morgan fingerprint density at radius 3 is 2.45 bits per heavy atom. The molecule has 1 aliphatic heterocycles. The van der Waals surface area contributed by atoms with E-state index in [1.54, 1.807) is 0 Å². The number of methoxy groups -OCH3 is 1. The maximum absolute atomic E-state index is 13.8. The van der Waals surface area contributed by atoms with E-state index in [0.29, 0.717) is 6.07 Å². The van der Waals surface area contributed by atoms with Crippen LogP contribution in [-0.4, -0.2) is 50.6 Å². The Morgan fingerprint density at radius 2 is 1.95 bits per heavy atom. The van der Waals surface area contributed by atoms with Crippen molar-refractivity contribution in [3.8, 4) is 0 Å². The molecule has 1 aromatic carbocycles. The van der Waals surface area contributed by atoms with Crippen molar-refractivity contribution < 1.29 is 31.8 Å². The summed E-state index contributed by atoms with van der Waals surface area (Å²) in [5, 5.41) is 9.18. The molecular weight excluding hydrogens is 320 g/mol. The van der Waals surface area contributed by atoms with E-state index in [1.165, 1.54) is 14.0 Å². The van der Waals surface area contributed by atoms with Crippen molar-refractivity contribution in [1.29, 1.82) is 0 Å². The van der Waals surface area contributed by atoms with E-state index in [0.717, 1.165) is 10.4 Å². The molecule has 0 amide bonds. The summed E-state index contributed by atoms with van der Waals surface area (Å²) in [5.74, 6) is -3.24. The van der Waals surface area contributed by atoms with Gasteiger partial charge in [-0.2, -0.15) is 4.31 Å². The third-order valence-electron chi connectivity index (χ3n) is 3.66. The molecule has 0 atom stereocenters. The third kappa shape index (κ3) is 2.59. The van der Waals surface area contributed by atoms with Gasteiger partial charge < -0.3 is 9.84 Å². The zero-order valence-corrected chi connectivity index (χ0v) is 12.8. The van der Waals surface area contributed by atoms with E-state index < -0.39 is 37.9 Å². The van der Waals surface area contributed by atoms with Crippen LogP contribution < -0.4 is 0 Å². The Labute approximate surface area is 126 Å². The monoisotopic (exact) mass is 335 g/mol. The van der Waals surface area contributed by atoms with Gasteiger partial charge in [0.1, 0.15) is 21.9 Å². The molecule has 122 valence electrons. The van der Waals surface area contributed by atoms with Gasteiger partial charge in [0.15, 0.2) is 0 Å². The van der Waals surface area contributed by atoms with Crippen molar-refractivity contribution in [1.82, 2.24) is 4.31 Å². The molecule has 22 heavy (non-hydrogen) atoms. The molecule has 0 bridgehead atoms. The molecule has 0 aliphatic carbocycles. The number of ether oxygens (including phenoxy) is 1. The number of hydrogen-bond acceptors (Lipinski definition) is 4. The Hall–Kier alpha value is -1.58.